The Morgan fingerprint density at radius 1 is 1.33 bits per heavy atom. The first-order chi connectivity index (χ1) is 11.1. The summed E-state index contributed by atoms with van der Waals surface area (Å²) in [6.07, 6.45) is 2.69. The Morgan fingerprint density at radius 3 is 2.50 bits per heavy atom. The van der Waals surface area contributed by atoms with Gasteiger partial charge in [0.05, 0.1) is 12.6 Å². The van der Waals surface area contributed by atoms with Crippen LogP contribution in [-0.4, -0.2) is 35.0 Å². The van der Waals surface area contributed by atoms with Gasteiger partial charge >= 0.3 is 6.09 Å². The van der Waals surface area contributed by atoms with Gasteiger partial charge in [0.1, 0.15) is 11.3 Å². The second-order valence-corrected chi connectivity index (χ2v) is 7.59. The van der Waals surface area contributed by atoms with E-state index in [1.165, 1.54) is 11.1 Å². The molecule has 0 saturated carbocycles. The van der Waals surface area contributed by atoms with Crippen molar-refractivity contribution in [3.8, 4) is 0 Å². The highest BCUT2D eigenvalue weighted by Crippen LogP contribution is 2.32. The van der Waals surface area contributed by atoms with Gasteiger partial charge in [-0.1, -0.05) is 43.3 Å². The van der Waals surface area contributed by atoms with Crippen molar-refractivity contribution in [2.75, 3.05) is 6.61 Å². The molecule has 1 heterocycles. The lowest BCUT2D eigenvalue weighted by Gasteiger charge is -2.34. The van der Waals surface area contributed by atoms with E-state index in [0.717, 1.165) is 6.42 Å². The molecule has 2 rings (SSSR count). The predicted molar refractivity (Wildman–Crippen MR) is 96.6 cm³/mol. The summed E-state index contributed by atoms with van der Waals surface area (Å²) in [6.45, 7) is 12.0. The standard InChI is InChI=1S/C20H29NO3/c1-7-15(16-11-9-8-10-12-16)13-17-14-23-20(5,6)21(17)18(22)24-19(2,3)4/h8-13,17H,7,14H2,1-6H3/b15-13+/t17-/m0/s1. The highest BCUT2D eigenvalue weighted by Gasteiger charge is 2.44. The Bertz CT molecular complexity index is 599. The third kappa shape index (κ3) is 4.38. The molecule has 0 aliphatic carbocycles. The molecule has 0 N–H and O–H groups in total. The number of amides is 1. The number of carbonyl (C=O) groups excluding carboxylic acids is 1. The smallest absolute Gasteiger partial charge is 0.413 e. The number of hydrogen-bond donors (Lipinski definition) is 0. The predicted octanol–water partition coefficient (Wildman–Crippen LogP) is 4.85. The van der Waals surface area contributed by atoms with Crippen LogP contribution in [0.15, 0.2) is 36.4 Å². The van der Waals surface area contributed by atoms with Crippen LogP contribution in [0.3, 0.4) is 0 Å². The maximum atomic E-state index is 12.7. The molecule has 1 amide bonds. The van der Waals surface area contributed by atoms with E-state index in [1.54, 1.807) is 4.90 Å². The van der Waals surface area contributed by atoms with E-state index in [0.29, 0.717) is 6.61 Å². The van der Waals surface area contributed by atoms with Crippen molar-refractivity contribution in [1.82, 2.24) is 4.90 Å². The van der Waals surface area contributed by atoms with Crippen LogP contribution in [0, 0.1) is 0 Å². The van der Waals surface area contributed by atoms with Gasteiger partial charge in [0.2, 0.25) is 0 Å². The molecule has 0 bridgehead atoms. The van der Waals surface area contributed by atoms with Gasteiger partial charge in [0.15, 0.2) is 0 Å². The summed E-state index contributed by atoms with van der Waals surface area (Å²) in [5.41, 5.74) is 1.17. The third-order valence-electron chi connectivity index (χ3n) is 4.03. The van der Waals surface area contributed by atoms with Crippen LogP contribution in [0.5, 0.6) is 0 Å². The number of nitrogens with zero attached hydrogens (tertiary/aromatic N) is 1. The van der Waals surface area contributed by atoms with Crippen molar-refractivity contribution < 1.29 is 14.3 Å². The molecule has 1 aromatic carbocycles. The van der Waals surface area contributed by atoms with Crippen molar-refractivity contribution >= 4 is 11.7 Å². The normalized spacial score (nSPS) is 21.0. The van der Waals surface area contributed by atoms with Crippen molar-refractivity contribution in [2.45, 2.75) is 65.3 Å². The zero-order valence-electron chi connectivity index (χ0n) is 15.6. The Kier molecular flexibility index (Phi) is 5.38. The Hall–Kier alpha value is -1.81. The van der Waals surface area contributed by atoms with Crippen LogP contribution in [0.4, 0.5) is 4.79 Å². The number of hydrogen-bond acceptors (Lipinski definition) is 3. The molecule has 1 saturated heterocycles. The van der Waals surface area contributed by atoms with Crippen molar-refractivity contribution in [1.29, 1.82) is 0 Å². The fourth-order valence-corrected chi connectivity index (χ4v) is 2.92. The van der Waals surface area contributed by atoms with E-state index in [4.69, 9.17) is 9.47 Å². The molecule has 132 valence electrons. The summed E-state index contributed by atoms with van der Waals surface area (Å²) in [6, 6.07) is 10.1. The fraction of sp³-hybridized carbons (Fsp3) is 0.550. The number of rotatable bonds is 3. The molecule has 24 heavy (non-hydrogen) atoms. The van der Waals surface area contributed by atoms with Crippen LogP contribution >= 0.6 is 0 Å². The number of allylic oxidation sites excluding steroid dienone is 1. The molecule has 4 nitrogen and oxygen atoms in total. The number of benzene rings is 1. The lowest BCUT2D eigenvalue weighted by Crippen LogP contribution is -2.49. The van der Waals surface area contributed by atoms with Crippen LogP contribution in [0.1, 0.15) is 53.5 Å². The summed E-state index contributed by atoms with van der Waals surface area (Å²) in [5.74, 6) is 0. The van der Waals surface area contributed by atoms with E-state index in [1.807, 2.05) is 52.8 Å². The van der Waals surface area contributed by atoms with E-state index in [2.05, 4.69) is 25.1 Å². The highest BCUT2D eigenvalue weighted by atomic mass is 16.6. The van der Waals surface area contributed by atoms with Gasteiger partial charge < -0.3 is 9.47 Å². The molecule has 0 spiro atoms. The largest absolute Gasteiger partial charge is 0.444 e. The molecule has 1 fully saturated rings. The zero-order chi connectivity index (χ0) is 18.0. The highest BCUT2D eigenvalue weighted by molar-refractivity contribution is 5.72. The molecule has 1 aliphatic rings. The van der Waals surface area contributed by atoms with Gasteiger partial charge in [-0.2, -0.15) is 0 Å². The number of carbonyl (C=O) groups is 1. The molecule has 0 aromatic heterocycles. The van der Waals surface area contributed by atoms with Crippen LogP contribution < -0.4 is 0 Å². The second-order valence-electron chi connectivity index (χ2n) is 7.59. The summed E-state index contributed by atoms with van der Waals surface area (Å²) in [5, 5.41) is 0. The molecular weight excluding hydrogens is 302 g/mol. The molecule has 0 radical (unpaired) electrons. The molecule has 1 atom stereocenters. The lowest BCUT2D eigenvalue weighted by molar-refractivity contribution is -0.0610. The molecular formula is C20H29NO3. The maximum absolute atomic E-state index is 12.7. The molecule has 1 aliphatic heterocycles. The monoisotopic (exact) mass is 331 g/mol. The average Bonchev–Trinajstić information content (AvgIpc) is 2.78. The van der Waals surface area contributed by atoms with E-state index >= 15 is 0 Å². The minimum absolute atomic E-state index is 0.134. The Balaban J connectivity index is 2.30. The van der Waals surface area contributed by atoms with E-state index in [9.17, 15) is 4.79 Å². The first-order valence-electron chi connectivity index (χ1n) is 8.56. The summed E-state index contributed by atoms with van der Waals surface area (Å²) in [4.78, 5) is 14.4. The van der Waals surface area contributed by atoms with Gasteiger partial charge in [-0.25, -0.2) is 4.79 Å². The zero-order valence-corrected chi connectivity index (χ0v) is 15.6. The van der Waals surface area contributed by atoms with Crippen molar-refractivity contribution in [3.63, 3.8) is 0 Å². The van der Waals surface area contributed by atoms with E-state index < -0.39 is 11.3 Å². The van der Waals surface area contributed by atoms with Gasteiger partial charge in [0.25, 0.3) is 0 Å². The van der Waals surface area contributed by atoms with Crippen molar-refractivity contribution in [3.05, 3.63) is 42.0 Å². The maximum Gasteiger partial charge on any atom is 0.413 e. The molecule has 0 unspecified atom stereocenters. The third-order valence-corrected chi connectivity index (χ3v) is 4.03. The topological polar surface area (TPSA) is 38.8 Å². The van der Waals surface area contributed by atoms with E-state index in [-0.39, 0.29) is 12.1 Å². The Morgan fingerprint density at radius 2 is 1.96 bits per heavy atom. The lowest BCUT2D eigenvalue weighted by atomic mass is 10.0. The summed E-state index contributed by atoms with van der Waals surface area (Å²) >= 11 is 0. The average molecular weight is 331 g/mol. The molecule has 4 heteroatoms. The Labute approximate surface area is 145 Å². The van der Waals surface area contributed by atoms with Gasteiger partial charge in [-0.05, 0) is 52.2 Å². The van der Waals surface area contributed by atoms with Gasteiger partial charge in [-0.15, -0.1) is 0 Å². The SMILES string of the molecule is CC/C(=C\[C@H]1COC(C)(C)N1C(=O)OC(C)(C)C)c1ccccc1. The van der Waals surface area contributed by atoms with Crippen molar-refractivity contribution in [2.24, 2.45) is 0 Å². The summed E-state index contributed by atoms with van der Waals surface area (Å²) < 4.78 is 11.4. The minimum Gasteiger partial charge on any atom is -0.444 e. The van der Waals surface area contributed by atoms with Crippen LogP contribution in [0.2, 0.25) is 0 Å². The van der Waals surface area contributed by atoms with Crippen LogP contribution in [0.25, 0.3) is 5.57 Å². The van der Waals surface area contributed by atoms with Crippen LogP contribution in [-0.2, 0) is 9.47 Å². The summed E-state index contributed by atoms with van der Waals surface area (Å²) in [7, 11) is 0. The fourth-order valence-electron chi connectivity index (χ4n) is 2.92. The van der Waals surface area contributed by atoms with Gasteiger partial charge in [0, 0.05) is 0 Å². The quantitative estimate of drug-likeness (QED) is 0.794. The first-order valence-corrected chi connectivity index (χ1v) is 8.56. The first kappa shape index (κ1) is 18.5. The number of ether oxygens (including phenoxy) is 2. The minimum atomic E-state index is -0.682. The second kappa shape index (κ2) is 6.98. The van der Waals surface area contributed by atoms with Gasteiger partial charge in [-0.3, -0.25) is 4.90 Å². The molecule has 1 aromatic rings.